The highest BCUT2D eigenvalue weighted by atomic mass is 31.1. The average molecular weight is 290 g/mol. The van der Waals surface area contributed by atoms with Gasteiger partial charge < -0.3 is 8.43 Å². The fourth-order valence-electron chi connectivity index (χ4n) is 2.18. The van der Waals surface area contributed by atoms with Crippen LogP contribution in [-0.2, 0) is 8.43 Å². The van der Waals surface area contributed by atoms with E-state index >= 15 is 0 Å². The van der Waals surface area contributed by atoms with Crippen LogP contribution in [0.3, 0.4) is 0 Å². The summed E-state index contributed by atoms with van der Waals surface area (Å²) < 4.78 is 11.8. The van der Waals surface area contributed by atoms with Crippen molar-refractivity contribution in [1.29, 1.82) is 0 Å². The number of rotatable bonds is 2. The fourth-order valence-corrected chi connectivity index (χ4v) is 12.5. The van der Waals surface area contributed by atoms with E-state index in [-0.39, 0.29) is 9.03 Å². The first-order valence-electron chi connectivity index (χ1n) is 6.09. The zero-order valence-electron chi connectivity index (χ0n) is 9.95. The average Bonchev–Trinajstić information content (AvgIpc) is 2.49. The molecule has 1 saturated heterocycles. The number of benzene rings is 2. The van der Waals surface area contributed by atoms with Gasteiger partial charge in [0.25, 0.3) is 0 Å². The molecule has 0 aromatic heterocycles. The van der Waals surface area contributed by atoms with Gasteiger partial charge in [0.1, 0.15) is 9.03 Å². The topological polar surface area (TPSA) is 18.5 Å². The molecule has 1 aliphatic heterocycles. The predicted molar refractivity (Wildman–Crippen MR) is 81.7 cm³/mol. The molecule has 0 amide bonds. The molecule has 2 aromatic carbocycles. The molecule has 2 nitrogen and oxygen atoms in total. The molecule has 1 fully saturated rings. The lowest BCUT2D eigenvalue weighted by atomic mass is 10.4. The molecule has 2 aromatic rings. The predicted octanol–water partition coefficient (Wildman–Crippen LogP) is 1.34. The summed E-state index contributed by atoms with van der Waals surface area (Å²) in [6.07, 6.45) is 0. The molecule has 1 heterocycles. The summed E-state index contributed by atoms with van der Waals surface area (Å²) >= 11 is 0. The second-order valence-corrected chi connectivity index (χ2v) is 11.6. The standard InChI is InChI=1S/C13H15O2PSi2/c1-3-7-12(8-4-1)17-11-18(15-16-14-17)13-9-5-2-6-10-13/h1-10,16-18H,11H2. The second-order valence-electron chi connectivity index (χ2n) is 4.35. The molecule has 92 valence electrons. The van der Waals surface area contributed by atoms with Crippen molar-refractivity contribution in [2.45, 2.75) is 5.67 Å². The van der Waals surface area contributed by atoms with Crippen molar-refractivity contribution >= 4 is 37.5 Å². The van der Waals surface area contributed by atoms with Crippen LogP contribution in [0.15, 0.2) is 60.7 Å². The highest BCUT2D eigenvalue weighted by molar-refractivity contribution is 7.32. The molecule has 0 aliphatic carbocycles. The normalized spacial score (nSPS) is 25.1. The Balaban J connectivity index is 1.77. The summed E-state index contributed by atoms with van der Waals surface area (Å²) in [5.74, 6) is 0. The van der Waals surface area contributed by atoms with Gasteiger partial charge in [-0.3, -0.25) is 0 Å². The first-order chi connectivity index (χ1) is 8.93. The van der Waals surface area contributed by atoms with Gasteiger partial charge in [0.05, 0.1) is 0 Å². The fraction of sp³-hybridized carbons (Fsp3) is 0.0769. The maximum absolute atomic E-state index is 5.89. The maximum Gasteiger partial charge on any atom is 0.215 e. The van der Waals surface area contributed by atoms with E-state index < -0.39 is 18.1 Å². The highest BCUT2D eigenvalue weighted by Gasteiger charge is 2.29. The number of hydrogen-bond donors (Lipinski definition) is 0. The van der Waals surface area contributed by atoms with Crippen LogP contribution in [0.25, 0.3) is 0 Å². The highest BCUT2D eigenvalue weighted by Crippen LogP contribution is 2.26. The SMILES string of the molecule is c1ccc([SiH]2C[SiH](c3ccccc3)OPO2)cc1. The van der Waals surface area contributed by atoms with Crippen molar-refractivity contribution in [3.05, 3.63) is 60.7 Å². The molecule has 3 rings (SSSR count). The van der Waals surface area contributed by atoms with Crippen LogP contribution in [-0.4, -0.2) is 18.1 Å². The van der Waals surface area contributed by atoms with E-state index in [4.69, 9.17) is 8.43 Å². The minimum Gasteiger partial charge on any atom is -0.376 e. The van der Waals surface area contributed by atoms with Crippen LogP contribution in [0, 0.1) is 0 Å². The lowest BCUT2D eigenvalue weighted by molar-refractivity contribution is 0.522. The van der Waals surface area contributed by atoms with Crippen LogP contribution >= 0.6 is 9.03 Å². The van der Waals surface area contributed by atoms with Gasteiger partial charge in [-0.05, 0) is 16.0 Å². The smallest absolute Gasteiger partial charge is 0.215 e. The molecule has 0 radical (unpaired) electrons. The van der Waals surface area contributed by atoms with Gasteiger partial charge >= 0.3 is 0 Å². The molecule has 2 atom stereocenters. The Morgan fingerprint density at radius 3 is 1.61 bits per heavy atom. The van der Waals surface area contributed by atoms with Crippen molar-refractivity contribution in [3.8, 4) is 0 Å². The summed E-state index contributed by atoms with van der Waals surface area (Å²) in [5, 5.41) is 2.81. The molecule has 1 aliphatic rings. The van der Waals surface area contributed by atoms with E-state index in [2.05, 4.69) is 60.7 Å². The number of hydrogen-bond acceptors (Lipinski definition) is 2. The molecule has 0 saturated carbocycles. The van der Waals surface area contributed by atoms with Crippen molar-refractivity contribution in [1.82, 2.24) is 0 Å². The van der Waals surface area contributed by atoms with Gasteiger partial charge in [0.2, 0.25) is 18.1 Å². The van der Waals surface area contributed by atoms with Crippen LogP contribution in [0.5, 0.6) is 0 Å². The molecule has 0 spiro atoms. The Morgan fingerprint density at radius 2 is 1.17 bits per heavy atom. The van der Waals surface area contributed by atoms with Gasteiger partial charge in [-0.1, -0.05) is 60.7 Å². The quantitative estimate of drug-likeness (QED) is 0.614. The van der Waals surface area contributed by atoms with Crippen LogP contribution in [0.4, 0.5) is 0 Å². The van der Waals surface area contributed by atoms with Crippen molar-refractivity contribution in [3.63, 3.8) is 0 Å². The lowest BCUT2D eigenvalue weighted by Gasteiger charge is -2.27. The van der Waals surface area contributed by atoms with Gasteiger partial charge in [0.15, 0.2) is 0 Å². The van der Waals surface area contributed by atoms with E-state index in [1.807, 2.05) is 0 Å². The van der Waals surface area contributed by atoms with Crippen molar-refractivity contribution in [2.24, 2.45) is 0 Å². The second kappa shape index (κ2) is 5.91. The minimum atomic E-state index is -1.26. The van der Waals surface area contributed by atoms with Crippen molar-refractivity contribution in [2.75, 3.05) is 0 Å². The zero-order chi connectivity index (χ0) is 12.2. The Kier molecular flexibility index (Phi) is 4.03. The first-order valence-corrected chi connectivity index (χ1v) is 10.6. The minimum absolute atomic E-state index is 0.237. The Bertz CT molecular complexity index is 449. The van der Waals surface area contributed by atoms with E-state index in [9.17, 15) is 0 Å². The largest absolute Gasteiger partial charge is 0.376 e. The maximum atomic E-state index is 5.89. The van der Waals surface area contributed by atoms with E-state index in [0.717, 1.165) is 5.67 Å². The summed E-state index contributed by atoms with van der Waals surface area (Å²) in [5.41, 5.74) is 1.15. The summed E-state index contributed by atoms with van der Waals surface area (Å²) in [7, 11) is -2.29. The van der Waals surface area contributed by atoms with Crippen LogP contribution < -0.4 is 10.4 Å². The molecular formula is C13H15O2PSi2. The third-order valence-electron chi connectivity index (χ3n) is 3.15. The van der Waals surface area contributed by atoms with Gasteiger partial charge in [-0.15, -0.1) is 0 Å². The van der Waals surface area contributed by atoms with Crippen LogP contribution in [0.2, 0.25) is 5.67 Å². The third-order valence-corrected chi connectivity index (χ3v) is 11.9. The molecule has 18 heavy (non-hydrogen) atoms. The van der Waals surface area contributed by atoms with E-state index in [0.29, 0.717) is 0 Å². The summed E-state index contributed by atoms with van der Waals surface area (Å²) in [6.45, 7) is 0. The van der Waals surface area contributed by atoms with Gasteiger partial charge in [-0.2, -0.15) is 0 Å². The van der Waals surface area contributed by atoms with Gasteiger partial charge in [-0.25, -0.2) is 0 Å². The molecule has 0 bridgehead atoms. The van der Waals surface area contributed by atoms with E-state index in [1.54, 1.807) is 0 Å². The van der Waals surface area contributed by atoms with E-state index in [1.165, 1.54) is 10.4 Å². The first kappa shape index (κ1) is 12.3. The molecule has 5 heteroatoms. The summed E-state index contributed by atoms with van der Waals surface area (Å²) in [6, 6.07) is 21.3. The monoisotopic (exact) mass is 290 g/mol. The summed E-state index contributed by atoms with van der Waals surface area (Å²) in [4.78, 5) is 0. The Hall–Kier alpha value is -0.776. The molecular weight excluding hydrogens is 275 g/mol. The Labute approximate surface area is 112 Å². The lowest BCUT2D eigenvalue weighted by Crippen LogP contribution is -2.45. The van der Waals surface area contributed by atoms with Crippen LogP contribution in [0.1, 0.15) is 0 Å². The molecule has 0 N–H and O–H groups in total. The van der Waals surface area contributed by atoms with Gasteiger partial charge in [0, 0.05) is 0 Å². The Morgan fingerprint density at radius 1 is 0.722 bits per heavy atom. The molecule has 2 unspecified atom stereocenters. The third kappa shape index (κ3) is 2.79. The zero-order valence-corrected chi connectivity index (χ0v) is 13.3. The van der Waals surface area contributed by atoms with Crippen molar-refractivity contribution < 1.29 is 8.43 Å².